The molecule has 0 saturated heterocycles. The van der Waals surface area contributed by atoms with E-state index in [0.29, 0.717) is 11.7 Å². The average Bonchev–Trinajstić information content (AvgIpc) is 3.00. The Labute approximate surface area is 114 Å². The SMILES string of the molecule is Cc1cnc2c(c1)nc(N)n2-c1ccc2c(c1)OCO2. The summed E-state index contributed by atoms with van der Waals surface area (Å²) in [6.07, 6.45) is 1.80. The van der Waals surface area contributed by atoms with E-state index >= 15 is 0 Å². The Hall–Kier alpha value is -2.76. The van der Waals surface area contributed by atoms with E-state index in [9.17, 15) is 0 Å². The van der Waals surface area contributed by atoms with E-state index in [1.807, 2.05) is 31.2 Å². The first-order valence-electron chi connectivity index (χ1n) is 6.23. The van der Waals surface area contributed by atoms with Crippen LogP contribution in [0, 0.1) is 6.92 Å². The first-order valence-corrected chi connectivity index (χ1v) is 6.23. The molecule has 6 nitrogen and oxygen atoms in total. The van der Waals surface area contributed by atoms with Gasteiger partial charge in [0.25, 0.3) is 0 Å². The molecule has 1 aliphatic rings. The summed E-state index contributed by atoms with van der Waals surface area (Å²) in [6.45, 7) is 2.22. The smallest absolute Gasteiger partial charge is 0.231 e. The van der Waals surface area contributed by atoms with Gasteiger partial charge in [-0.15, -0.1) is 0 Å². The molecule has 0 amide bonds. The Morgan fingerprint density at radius 2 is 2.05 bits per heavy atom. The number of hydrogen-bond acceptors (Lipinski definition) is 5. The van der Waals surface area contributed by atoms with E-state index in [-0.39, 0.29) is 6.79 Å². The van der Waals surface area contributed by atoms with Crippen LogP contribution in [0.25, 0.3) is 16.9 Å². The van der Waals surface area contributed by atoms with Gasteiger partial charge in [0.05, 0.1) is 5.69 Å². The Morgan fingerprint density at radius 3 is 2.95 bits per heavy atom. The molecule has 1 aliphatic heterocycles. The number of pyridine rings is 1. The Bertz CT molecular complexity index is 825. The first kappa shape index (κ1) is 11.1. The number of benzene rings is 1. The van der Waals surface area contributed by atoms with Gasteiger partial charge in [0.15, 0.2) is 17.1 Å². The molecule has 2 aromatic heterocycles. The molecule has 0 radical (unpaired) electrons. The third kappa shape index (κ3) is 1.51. The van der Waals surface area contributed by atoms with Gasteiger partial charge in [-0.3, -0.25) is 4.57 Å². The molecule has 0 saturated carbocycles. The average molecular weight is 268 g/mol. The molecule has 0 bridgehead atoms. The number of fused-ring (bicyclic) bond motifs is 2. The molecular formula is C14H12N4O2. The lowest BCUT2D eigenvalue weighted by Crippen LogP contribution is -2.01. The Balaban J connectivity index is 1.96. The maximum Gasteiger partial charge on any atom is 0.231 e. The second kappa shape index (κ2) is 3.86. The van der Waals surface area contributed by atoms with Crippen molar-refractivity contribution in [2.45, 2.75) is 6.92 Å². The van der Waals surface area contributed by atoms with Crippen molar-refractivity contribution in [1.82, 2.24) is 14.5 Å². The fourth-order valence-corrected chi connectivity index (χ4v) is 2.36. The zero-order chi connectivity index (χ0) is 13.7. The van der Waals surface area contributed by atoms with Crippen LogP contribution in [0.3, 0.4) is 0 Å². The predicted molar refractivity (Wildman–Crippen MR) is 74.1 cm³/mol. The zero-order valence-corrected chi connectivity index (χ0v) is 10.8. The fraction of sp³-hybridized carbons (Fsp3) is 0.143. The zero-order valence-electron chi connectivity index (χ0n) is 10.8. The molecule has 3 heterocycles. The maximum atomic E-state index is 6.02. The number of nitrogen functional groups attached to an aromatic ring is 1. The summed E-state index contributed by atoms with van der Waals surface area (Å²) in [5.74, 6) is 1.84. The summed E-state index contributed by atoms with van der Waals surface area (Å²) in [7, 11) is 0. The van der Waals surface area contributed by atoms with Crippen LogP contribution in [0.15, 0.2) is 30.5 Å². The van der Waals surface area contributed by atoms with Crippen LogP contribution in [0.1, 0.15) is 5.56 Å². The summed E-state index contributed by atoms with van der Waals surface area (Å²) < 4.78 is 12.5. The van der Waals surface area contributed by atoms with Crippen LogP contribution in [-0.2, 0) is 0 Å². The van der Waals surface area contributed by atoms with Crippen molar-refractivity contribution < 1.29 is 9.47 Å². The number of aryl methyl sites for hydroxylation is 1. The van der Waals surface area contributed by atoms with Crippen molar-refractivity contribution >= 4 is 17.1 Å². The second-order valence-electron chi connectivity index (χ2n) is 4.70. The molecule has 0 fully saturated rings. The third-order valence-corrected chi connectivity index (χ3v) is 3.27. The van der Waals surface area contributed by atoms with Gasteiger partial charge in [-0.2, -0.15) is 0 Å². The summed E-state index contributed by atoms with van der Waals surface area (Å²) in [6, 6.07) is 7.60. The van der Waals surface area contributed by atoms with Gasteiger partial charge in [-0.05, 0) is 30.7 Å². The quantitative estimate of drug-likeness (QED) is 0.731. The molecule has 0 atom stereocenters. The van der Waals surface area contributed by atoms with Gasteiger partial charge in [0, 0.05) is 12.3 Å². The molecular weight excluding hydrogens is 256 g/mol. The Kier molecular flexibility index (Phi) is 2.14. The Morgan fingerprint density at radius 1 is 1.20 bits per heavy atom. The molecule has 0 spiro atoms. The summed E-state index contributed by atoms with van der Waals surface area (Å²) in [5.41, 5.74) is 9.43. The largest absolute Gasteiger partial charge is 0.454 e. The molecule has 0 unspecified atom stereocenters. The first-order chi connectivity index (χ1) is 9.72. The monoisotopic (exact) mass is 268 g/mol. The standard InChI is InChI=1S/C14H12N4O2/c1-8-4-10-13(16-6-8)18(14(15)17-10)9-2-3-11-12(5-9)20-7-19-11/h2-6H,7H2,1H3,(H2,15,17). The van der Waals surface area contributed by atoms with Gasteiger partial charge in [0.2, 0.25) is 12.7 Å². The molecule has 3 aromatic rings. The van der Waals surface area contributed by atoms with Gasteiger partial charge in [-0.25, -0.2) is 9.97 Å². The molecule has 0 aliphatic carbocycles. The van der Waals surface area contributed by atoms with Gasteiger partial charge in [-0.1, -0.05) is 0 Å². The normalized spacial score (nSPS) is 13.1. The number of ether oxygens (including phenoxy) is 2. The highest BCUT2D eigenvalue weighted by atomic mass is 16.7. The van der Waals surface area contributed by atoms with Gasteiger partial charge in [0.1, 0.15) is 5.52 Å². The summed E-state index contributed by atoms with van der Waals surface area (Å²) in [4.78, 5) is 8.77. The molecule has 4 rings (SSSR count). The van der Waals surface area contributed by atoms with E-state index in [1.54, 1.807) is 10.8 Å². The van der Waals surface area contributed by atoms with Crippen molar-refractivity contribution in [2.24, 2.45) is 0 Å². The number of aromatic nitrogens is 3. The van der Waals surface area contributed by atoms with E-state index in [0.717, 1.165) is 28.2 Å². The van der Waals surface area contributed by atoms with Crippen LogP contribution in [0.4, 0.5) is 5.95 Å². The van der Waals surface area contributed by atoms with Gasteiger partial charge < -0.3 is 15.2 Å². The van der Waals surface area contributed by atoms with Crippen LogP contribution >= 0.6 is 0 Å². The van der Waals surface area contributed by atoms with Crippen LogP contribution < -0.4 is 15.2 Å². The number of anilines is 1. The lowest BCUT2D eigenvalue weighted by Gasteiger charge is -2.06. The van der Waals surface area contributed by atoms with Crippen molar-refractivity contribution in [3.05, 3.63) is 36.0 Å². The lowest BCUT2D eigenvalue weighted by molar-refractivity contribution is 0.174. The minimum atomic E-state index is 0.246. The molecule has 6 heteroatoms. The van der Waals surface area contributed by atoms with Crippen LogP contribution in [0.2, 0.25) is 0 Å². The minimum Gasteiger partial charge on any atom is -0.454 e. The van der Waals surface area contributed by atoms with E-state index in [4.69, 9.17) is 15.2 Å². The third-order valence-electron chi connectivity index (χ3n) is 3.27. The number of rotatable bonds is 1. The predicted octanol–water partition coefficient (Wildman–Crippen LogP) is 2.04. The van der Waals surface area contributed by atoms with E-state index in [1.165, 1.54) is 0 Å². The summed E-state index contributed by atoms with van der Waals surface area (Å²) in [5, 5.41) is 0. The number of nitrogens with two attached hydrogens (primary N) is 1. The second-order valence-corrected chi connectivity index (χ2v) is 4.70. The molecule has 100 valence electrons. The highest BCUT2D eigenvalue weighted by Gasteiger charge is 2.17. The number of nitrogens with zero attached hydrogens (tertiary/aromatic N) is 3. The van der Waals surface area contributed by atoms with Crippen molar-refractivity contribution in [3.8, 4) is 17.2 Å². The highest BCUT2D eigenvalue weighted by Crippen LogP contribution is 2.35. The molecule has 20 heavy (non-hydrogen) atoms. The van der Waals surface area contributed by atoms with Crippen LogP contribution in [0.5, 0.6) is 11.5 Å². The molecule has 1 aromatic carbocycles. The topological polar surface area (TPSA) is 75.2 Å². The summed E-state index contributed by atoms with van der Waals surface area (Å²) >= 11 is 0. The number of hydrogen-bond donors (Lipinski definition) is 1. The van der Waals surface area contributed by atoms with E-state index < -0.39 is 0 Å². The maximum absolute atomic E-state index is 6.02. The number of imidazole rings is 1. The van der Waals surface area contributed by atoms with Crippen molar-refractivity contribution in [3.63, 3.8) is 0 Å². The lowest BCUT2D eigenvalue weighted by atomic mass is 10.2. The van der Waals surface area contributed by atoms with Crippen molar-refractivity contribution in [1.29, 1.82) is 0 Å². The van der Waals surface area contributed by atoms with Gasteiger partial charge >= 0.3 is 0 Å². The highest BCUT2D eigenvalue weighted by molar-refractivity contribution is 5.77. The van der Waals surface area contributed by atoms with E-state index in [2.05, 4.69) is 9.97 Å². The fourth-order valence-electron chi connectivity index (χ4n) is 2.36. The molecule has 2 N–H and O–H groups in total. The van der Waals surface area contributed by atoms with Crippen molar-refractivity contribution in [2.75, 3.05) is 12.5 Å². The minimum absolute atomic E-state index is 0.246. The van der Waals surface area contributed by atoms with Crippen LogP contribution in [-0.4, -0.2) is 21.3 Å².